The van der Waals surface area contributed by atoms with Crippen LogP contribution in [0.3, 0.4) is 0 Å². The Kier molecular flexibility index (Phi) is 5.34. The van der Waals surface area contributed by atoms with E-state index in [0.29, 0.717) is 5.82 Å². The van der Waals surface area contributed by atoms with Crippen LogP contribution in [0.2, 0.25) is 0 Å². The second-order valence-corrected chi connectivity index (χ2v) is 5.52. The zero-order valence-corrected chi connectivity index (χ0v) is 11.7. The number of halogens is 1. The summed E-state index contributed by atoms with van der Waals surface area (Å²) in [5.74, 6) is 6.58. The highest BCUT2D eigenvalue weighted by Gasteiger charge is 2.09. The van der Waals surface area contributed by atoms with Crippen LogP contribution in [-0.2, 0) is 6.42 Å². The lowest BCUT2D eigenvalue weighted by Crippen LogP contribution is -2.38. The van der Waals surface area contributed by atoms with Crippen molar-refractivity contribution in [1.82, 2.24) is 10.4 Å². The Morgan fingerprint density at radius 1 is 1.30 bits per heavy atom. The molecule has 6 heteroatoms. The summed E-state index contributed by atoms with van der Waals surface area (Å²) >= 11 is 1.56. The second kappa shape index (κ2) is 7.23. The molecule has 5 N–H and O–H groups in total. The van der Waals surface area contributed by atoms with E-state index >= 15 is 0 Å². The van der Waals surface area contributed by atoms with E-state index in [1.54, 1.807) is 24.0 Å². The highest BCUT2D eigenvalue weighted by Crippen LogP contribution is 2.20. The van der Waals surface area contributed by atoms with Crippen LogP contribution in [-0.4, -0.2) is 16.8 Å². The molecule has 0 bridgehead atoms. The fourth-order valence-corrected chi connectivity index (χ4v) is 2.80. The lowest BCUT2D eigenvalue weighted by atomic mass is 10.1. The summed E-state index contributed by atoms with van der Waals surface area (Å²) in [6.07, 6.45) is 2.42. The van der Waals surface area contributed by atoms with Crippen LogP contribution in [0.15, 0.2) is 47.5 Å². The number of nitrogens with one attached hydrogen (secondary N) is 1. The van der Waals surface area contributed by atoms with Crippen molar-refractivity contribution in [2.24, 2.45) is 5.84 Å². The Morgan fingerprint density at radius 3 is 2.85 bits per heavy atom. The zero-order chi connectivity index (χ0) is 14.4. The van der Waals surface area contributed by atoms with Crippen molar-refractivity contribution < 1.29 is 4.39 Å². The smallest absolute Gasteiger partial charge is 0.124 e. The monoisotopic (exact) mass is 292 g/mol. The predicted molar refractivity (Wildman–Crippen MR) is 80.6 cm³/mol. The molecule has 0 radical (unpaired) electrons. The van der Waals surface area contributed by atoms with Crippen molar-refractivity contribution in [2.45, 2.75) is 17.4 Å². The van der Waals surface area contributed by atoms with Gasteiger partial charge in [0.2, 0.25) is 0 Å². The summed E-state index contributed by atoms with van der Waals surface area (Å²) in [6.45, 7) is 0. The maximum absolute atomic E-state index is 13.1. The van der Waals surface area contributed by atoms with Gasteiger partial charge in [-0.25, -0.2) is 9.37 Å². The molecule has 106 valence electrons. The number of hydrogen-bond donors (Lipinski definition) is 3. The molecule has 0 aliphatic rings. The molecule has 2 rings (SSSR count). The highest BCUT2D eigenvalue weighted by molar-refractivity contribution is 7.99. The van der Waals surface area contributed by atoms with Crippen molar-refractivity contribution in [2.75, 3.05) is 11.5 Å². The van der Waals surface area contributed by atoms with Gasteiger partial charge >= 0.3 is 0 Å². The van der Waals surface area contributed by atoms with Crippen LogP contribution in [0, 0.1) is 5.82 Å². The molecule has 0 aliphatic heterocycles. The Bertz CT molecular complexity index is 564. The minimum Gasteiger partial charge on any atom is -0.384 e. The van der Waals surface area contributed by atoms with E-state index in [1.807, 2.05) is 18.2 Å². The van der Waals surface area contributed by atoms with Crippen LogP contribution < -0.4 is 17.0 Å². The molecule has 0 saturated heterocycles. The Labute approximate surface area is 121 Å². The normalized spacial score (nSPS) is 12.3. The predicted octanol–water partition coefficient (Wildman–Crippen LogP) is 1.97. The summed E-state index contributed by atoms with van der Waals surface area (Å²) in [5, 5.41) is 0. The van der Waals surface area contributed by atoms with Gasteiger partial charge in [-0.1, -0.05) is 6.07 Å². The molecule has 1 heterocycles. The molecule has 1 aromatic heterocycles. The van der Waals surface area contributed by atoms with Gasteiger partial charge in [0.25, 0.3) is 0 Å². The summed E-state index contributed by atoms with van der Waals surface area (Å²) in [6, 6.07) is 10.3. The third kappa shape index (κ3) is 4.48. The molecular weight excluding hydrogens is 275 g/mol. The molecule has 0 aliphatic carbocycles. The van der Waals surface area contributed by atoms with Crippen LogP contribution in [0.1, 0.15) is 5.56 Å². The maximum Gasteiger partial charge on any atom is 0.124 e. The summed E-state index contributed by atoms with van der Waals surface area (Å²) in [7, 11) is 0. The molecule has 0 amide bonds. The Balaban J connectivity index is 1.92. The van der Waals surface area contributed by atoms with Gasteiger partial charge in [0.15, 0.2) is 0 Å². The number of aromatic nitrogens is 1. The summed E-state index contributed by atoms with van der Waals surface area (Å²) < 4.78 is 13.1. The van der Waals surface area contributed by atoms with Gasteiger partial charge in [0, 0.05) is 22.9 Å². The second-order valence-electron chi connectivity index (χ2n) is 4.43. The fraction of sp³-hybridized carbons (Fsp3) is 0.214. The first-order chi connectivity index (χ1) is 9.67. The first-order valence-electron chi connectivity index (χ1n) is 6.22. The van der Waals surface area contributed by atoms with E-state index in [1.165, 1.54) is 12.1 Å². The number of hydrogen-bond acceptors (Lipinski definition) is 5. The molecule has 1 unspecified atom stereocenters. The summed E-state index contributed by atoms with van der Waals surface area (Å²) in [4.78, 5) is 4.84. The van der Waals surface area contributed by atoms with Gasteiger partial charge in [0.1, 0.15) is 11.6 Å². The van der Waals surface area contributed by atoms with Gasteiger partial charge < -0.3 is 5.73 Å². The minimum atomic E-state index is -0.228. The van der Waals surface area contributed by atoms with Gasteiger partial charge in [-0.05, 0) is 42.3 Å². The van der Waals surface area contributed by atoms with Crippen molar-refractivity contribution in [1.29, 1.82) is 0 Å². The van der Waals surface area contributed by atoms with Crippen LogP contribution in [0.25, 0.3) is 0 Å². The van der Waals surface area contributed by atoms with Crippen LogP contribution in [0.4, 0.5) is 10.2 Å². The van der Waals surface area contributed by atoms with Crippen LogP contribution >= 0.6 is 11.8 Å². The minimum absolute atomic E-state index is 0.0741. The Hall–Kier alpha value is -1.63. The summed E-state index contributed by atoms with van der Waals surface area (Å²) in [5.41, 5.74) is 9.50. The van der Waals surface area contributed by atoms with E-state index in [-0.39, 0.29) is 11.9 Å². The number of nitrogens with two attached hydrogens (primary N) is 2. The van der Waals surface area contributed by atoms with Crippen molar-refractivity contribution in [3.05, 3.63) is 54.0 Å². The third-order valence-electron chi connectivity index (χ3n) is 2.81. The molecule has 2 aromatic rings. The van der Waals surface area contributed by atoms with E-state index in [0.717, 1.165) is 22.6 Å². The van der Waals surface area contributed by atoms with Gasteiger partial charge in [-0.2, -0.15) is 0 Å². The van der Waals surface area contributed by atoms with Crippen molar-refractivity contribution in [3.63, 3.8) is 0 Å². The number of anilines is 1. The van der Waals surface area contributed by atoms with Crippen LogP contribution in [0.5, 0.6) is 0 Å². The first kappa shape index (κ1) is 14.8. The van der Waals surface area contributed by atoms with E-state index in [2.05, 4.69) is 10.4 Å². The molecule has 0 spiro atoms. The molecule has 1 atom stereocenters. The molecule has 1 aromatic carbocycles. The standard InChI is InChI=1S/C14H17FN4S/c15-11-2-1-3-13(8-11)20-9-12(19-17)6-10-4-5-18-14(16)7-10/h1-5,7-8,12,19H,6,9,17H2,(H2,16,18). The number of hydrazine groups is 1. The third-order valence-corrected chi connectivity index (χ3v) is 3.97. The van der Waals surface area contributed by atoms with E-state index in [9.17, 15) is 4.39 Å². The maximum atomic E-state index is 13.1. The van der Waals surface area contributed by atoms with E-state index < -0.39 is 0 Å². The lowest BCUT2D eigenvalue weighted by molar-refractivity contribution is 0.575. The van der Waals surface area contributed by atoms with Crippen molar-refractivity contribution >= 4 is 17.6 Å². The Morgan fingerprint density at radius 2 is 2.15 bits per heavy atom. The molecule has 0 fully saturated rings. The number of nitrogens with zero attached hydrogens (tertiary/aromatic N) is 1. The zero-order valence-electron chi connectivity index (χ0n) is 10.9. The topological polar surface area (TPSA) is 77.0 Å². The number of thioether (sulfide) groups is 1. The van der Waals surface area contributed by atoms with Gasteiger partial charge in [-0.15, -0.1) is 11.8 Å². The fourth-order valence-electron chi connectivity index (χ4n) is 1.83. The quantitative estimate of drug-likeness (QED) is 0.431. The van der Waals surface area contributed by atoms with Gasteiger partial charge in [-0.3, -0.25) is 11.3 Å². The van der Waals surface area contributed by atoms with E-state index in [4.69, 9.17) is 11.6 Å². The lowest BCUT2D eigenvalue weighted by Gasteiger charge is -2.15. The SMILES string of the molecule is NNC(CSc1cccc(F)c1)Cc1ccnc(N)c1. The first-order valence-corrected chi connectivity index (χ1v) is 7.21. The molecule has 4 nitrogen and oxygen atoms in total. The number of benzene rings is 1. The number of rotatable bonds is 6. The van der Waals surface area contributed by atoms with Gasteiger partial charge in [0.05, 0.1) is 0 Å². The largest absolute Gasteiger partial charge is 0.384 e. The molecular formula is C14H17FN4S. The molecule has 0 saturated carbocycles. The van der Waals surface area contributed by atoms with Crippen molar-refractivity contribution in [3.8, 4) is 0 Å². The average molecular weight is 292 g/mol. The number of pyridine rings is 1. The number of nitrogen functional groups attached to an aromatic ring is 1. The highest BCUT2D eigenvalue weighted by atomic mass is 32.2. The average Bonchev–Trinajstić information content (AvgIpc) is 2.43. The molecule has 20 heavy (non-hydrogen) atoms.